The van der Waals surface area contributed by atoms with E-state index in [0.29, 0.717) is 11.3 Å². The molecule has 1 aromatic heterocycles. The molecular formula is C7H9F3N4OS. The minimum Gasteiger partial charge on any atom is -0.341 e. The molecule has 2 amide bonds. The molecule has 1 rings (SSSR count). The Bertz CT molecular complexity index is 378. The molecule has 9 heteroatoms. The van der Waals surface area contributed by atoms with Crippen LogP contribution in [-0.4, -0.2) is 29.8 Å². The summed E-state index contributed by atoms with van der Waals surface area (Å²) < 4.78 is 36.7. The summed E-state index contributed by atoms with van der Waals surface area (Å²) >= 11 is 0.334. The summed E-state index contributed by atoms with van der Waals surface area (Å²) in [6.45, 7) is 1.84. The number of rotatable bonds is 2. The van der Waals surface area contributed by atoms with E-state index in [1.54, 1.807) is 6.92 Å². The molecule has 0 fully saturated rings. The summed E-state index contributed by atoms with van der Waals surface area (Å²) in [4.78, 5) is 12.4. The maximum Gasteiger partial charge on any atom is 0.445 e. The first-order valence-corrected chi connectivity index (χ1v) is 5.11. The number of hydrogen-bond acceptors (Lipinski definition) is 4. The van der Waals surface area contributed by atoms with Crippen LogP contribution < -0.4 is 10.2 Å². The fourth-order valence-electron chi connectivity index (χ4n) is 0.940. The highest BCUT2D eigenvalue weighted by molar-refractivity contribution is 7.15. The lowest BCUT2D eigenvalue weighted by molar-refractivity contribution is -0.138. The van der Waals surface area contributed by atoms with Crippen molar-refractivity contribution in [2.45, 2.75) is 13.1 Å². The zero-order chi connectivity index (χ0) is 12.3. The number of alkyl halides is 3. The Morgan fingerprint density at radius 1 is 1.50 bits per heavy atom. The van der Waals surface area contributed by atoms with Gasteiger partial charge in [-0.25, -0.2) is 4.79 Å². The van der Waals surface area contributed by atoms with Crippen molar-refractivity contribution in [3.8, 4) is 0 Å². The number of nitrogens with zero attached hydrogens (tertiary/aromatic N) is 3. The molecule has 0 aliphatic rings. The van der Waals surface area contributed by atoms with E-state index in [0.717, 1.165) is 4.90 Å². The molecule has 90 valence electrons. The van der Waals surface area contributed by atoms with Crippen molar-refractivity contribution in [1.82, 2.24) is 15.5 Å². The molecule has 0 radical (unpaired) electrons. The minimum atomic E-state index is -4.53. The zero-order valence-corrected chi connectivity index (χ0v) is 9.32. The van der Waals surface area contributed by atoms with Gasteiger partial charge in [-0.05, 0) is 6.92 Å². The first-order valence-electron chi connectivity index (χ1n) is 4.30. The van der Waals surface area contributed by atoms with E-state index in [2.05, 4.69) is 15.5 Å². The van der Waals surface area contributed by atoms with Crippen molar-refractivity contribution in [2.24, 2.45) is 0 Å². The summed E-state index contributed by atoms with van der Waals surface area (Å²) in [5.41, 5.74) is 0. The summed E-state index contributed by atoms with van der Waals surface area (Å²) in [6, 6.07) is -0.521. The summed E-state index contributed by atoms with van der Waals surface area (Å²) in [5.74, 6) is 0. The van der Waals surface area contributed by atoms with Crippen molar-refractivity contribution >= 4 is 22.5 Å². The van der Waals surface area contributed by atoms with Gasteiger partial charge in [-0.2, -0.15) is 13.2 Å². The Hall–Kier alpha value is -1.38. The van der Waals surface area contributed by atoms with E-state index in [4.69, 9.17) is 0 Å². The lowest BCUT2D eigenvalue weighted by atomic mass is 10.6. The van der Waals surface area contributed by atoms with Gasteiger partial charge in [-0.3, -0.25) is 4.90 Å². The van der Waals surface area contributed by atoms with Crippen LogP contribution in [0.2, 0.25) is 0 Å². The Balaban J connectivity index is 2.96. The molecule has 0 aromatic carbocycles. The van der Waals surface area contributed by atoms with Crippen molar-refractivity contribution < 1.29 is 18.0 Å². The Morgan fingerprint density at radius 3 is 2.50 bits per heavy atom. The van der Waals surface area contributed by atoms with E-state index < -0.39 is 17.2 Å². The predicted octanol–water partition coefficient (Wildman–Crippen LogP) is 1.72. The second kappa shape index (κ2) is 4.64. The summed E-state index contributed by atoms with van der Waals surface area (Å²) in [6.07, 6.45) is -4.53. The maximum atomic E-state index is 12.2. The molecule has 1 heterocycles. The quantitative estimate of drug-likeness (QED) is 0.874. The first kappa shape index (κ1) is 12.7. The molecule has 0 unspecified atom stereocenters. The zero-order valence-electron chi connectivity index (χ0n) is 8.50. The summed E-state index contributed by atoms with van der Waals surface area (Å²) in [7, 11) is 1.39. The molecule has 0 saturated heterocycles. The van der Waals surface area contributed by atoms with Gasteiger partial charge in [-0.1, -0.05) is 11.3 Å². The van der Waals surface area contributed by atoms with Gasteiger partial charge in [0.25, 0.3) is 0 Å². The van der Waals surface area contributed by atoms with Gasteiger partial charge in [0, 0.05) is 13.6 Å². The van der Waals surface area contributed by atoms with Crippen molar-refractivity contribution in [3.63, 3.8) is 0 Å². The van der Waals surface area contributed by atoms with Gasteiger partial charge >= 0.3 is 12.2 Å². The van der Waals surface area contributed by atoms with Gasteiger partial charge in [-0.15, -0.1) is 10.2 Å². The number of carbonyl (C=O) groups excluding carboxylic acids is 1. The smallest absolute Gasteiger partial charge is 0.341 e. The lowest BCUT2D eigenvalue weighted by Gasteiger charge is -2.15. The second-order valence-electron chi connectivity index (χ2n) is 2.69. The third-order valence-corrected chi connectivity index (χ3v) is 2.65. The Kier molecular flexibility index (Phi) is 3.68. The van der Waals surface area contributed by atoms with Gasteiger partial charge in [0.05, 0.1) is 0 Å². The van der Waals surface area contributed by atoms with Crippen LogP contribution in [-0.2, 0) is 6.18 Å². The Morgan fingerprint density at radius 2 is 2.12 bits per heavy atom. The minimum absolute atomic E-state index is 0.0748. The van der Waals surface area contributed by atoms with E-state index in [1.807, 2.05) is 0 Å². The highest BCUT2D eigenvalue weighted by Crippen LogP contribution is 2.34. The van der Waals surface area contributed by atoms with Gasteiger partial charge < -0.3 is 5.32 Å². The van der Waals surface area contributed by atoms with Crippen LogP contribution in [0.15, 0.2) is 0 Å². The predicted molar refractivity (Wildman–Crippen MR) is 52.4 cm³/mol. The molecule has 1 N–H and O–H groups in total. The lowest BCUT2D eigenvalue weighted by Crippen LogP contribution is -2.37. The van der Waals surface area contributed by atoms with Crippen LogP contribution >= 0.6 is 11.3 Å². The van der Waals surface area contributed by atoms with E-state index in [-0.39, 0.29) is 11.7 Å². The fourth-order valence-corrected chi connectivity index (χ4v) is 1.71. The number of hydrogen-bond donors (Lipinski definition) is 1. The third-order valence-electron chi connectivity index (χ3n) is 1.66. The number of halogens is 3. The maximum absolute atomic E-state index is 12.2. The third kappa shape index (κ3) is 2.60. The van der Waals surface area contributed by atoms with E-state index in [9.17, 15) is 18.0 Å². The highest BCUT2D eigenvalue weighted by Gasteiger charge is 2.36. The molecule has 5 nitrogen and oxygen atoms in total. The average molecular weight is 254 g/mol. The van der Waals surface area contributed by atoms with Gasteiger partial charge in [0.15, 0.2) is 0 Å². The SMILES string of the molecule is CCN(C(=O)NC)c1nnc(C(F)(F)F)s1. The fraction of sp³-hybridized carbons (Fsp3) is 0.571. The largest absolute Gasteiger partial charge is 0.445 e. The van der Waals surface area contributed by atoms with Crippen molar-refractivity contribution in [3.05, 3.63) is 5.01 Å². The van der Waals surface area contributed by atoms with Crippen molar-refractivity contribution in [1.29, 1.82) is 0 Å². The molecular weight excluding hydrogens is 245 g/mol. The standard InChI is InChI=1S/C7H9F3N4OS/c1-3-14(5(15)11-2)6-13-12-4(16-6)7(8,9)10/h3H2,1-2H3,(H,11,15). The van der Waals surface area contributed by atoms with E-state index in [1.165, 1.54) is 7.05 Å². The number of nitrogens with one attached hydrogen (secondary N) is 1. The number of urea groups is 1. The van der Waals surface area contributed by atoms with Crippen LogP contribution in [0.4, 0.5) is 23.1 Å². The monoisotopic (exact) mass is 254 g/mol. The average Bonchev–Trinajstić information content (AvgIpc) is 2.67. The summed E-state index contributed by atoms with van der Waals surface area (Å²) in [5, 5.41) is 7.50. The van der Waals surface area contributed by atoms with Crippen LogP contribution in [0.1, 0.15) is 11.9 Å². The number of amides is 2. The number of carbonyl (C=O) groups is 1. The van der Waals surface area contributed by atoms with Crippen molar-refractivity contribution in [2.75, 3.05) is 18.5 Å². The molecule has 1 aromatic rings. The topological polar surface area (TPSA) is 58.1 Å². The van der Waals surface area contributed by atoms with E-state index >= 15 is 0 Å². The molecule has 0 aliphatic heterocycles. The molecule has 0 atom stereocenters. The molecule has 0 bridgehead atoms. The van der Waals surface area contributed by atoms with Crippen LogP contribution in [0.3, 0.4) is 0 Å². The van der Waals surface area contributed by atoms with Crippen LogP contribution in [0.25, 0.3) is 0 Å². The Labute approximate surface area is 93.3 Å². The second-order valence-corrected chi connectivity index (χ2v) is 3.64. The molecule has 0 spiro atoms. The molecule has 16 heavy (non-hydrogen) atoms. The number of aromatic nitrogens is 2. The normalized spacial score (nSPS) is 11.3. The highest BCUT2D eigenvalue weighted by atomic mass is 32.1. The van der Waals surface area contributed by atoms with Crippen LogP contribution in [0.5, 0.6) is 0 Å². The van der Waals surface area contributed by atoms with Gasteiger partial charge in [0.2, 0.25) is 10.1 Å². The number of anilines is 1. The first-order chi connectivity index (χ1) is 7.40. The van der Waals surface area contributed by atoms with Crippen LogP contribution in [0, 0.1) is 0 Å². The van der Waals surface area contributed by atoms with Gasteiger partial charge in [0.1, 0.15) is 0 Å². The molecule has 0 saturated carbocycles. The molecule has 0 aliphatic carbocycles.